The van der Waals surface area contributed by atoms with Crippen LogP contribution in [0.4, 0.5) is 17.3 Å². The molecular formula is C14H29BF4N2O. The van der Waals surface area contributed by atoms with Gasteiger partial charge in [-0.25, -0.2) is 0 Å². The van der Waals surface area contributed by atoms with Crippen LogP contribution in [0.3, 0.4) is 0 Å². The van der Waals surface area contributed by atoms with Crippen molar-refractivity contribution in [3.05, 3.63) is 35.9 Å². The maximum Gasteiger partial charge on any atom is 0.673 e. The molecule has 3 nitrogen and oxygen atoms in total. The first-order valence-electron chi connectivity index (χ1n) is 6.58. The van der Waals surface area contributed by atoms with E-state index in [4.69, 9.17) is 0 Å². The molecule has 1 rings (SSSR count). The summed E-state index contributed by atoms with van der Waals surface area (Å²) in [4.78, 5) is 0. The number of hydrogen-bond acceptors (Lipinski definition) is 1. The quantitative estimate of drug-likeness (QED) is 0.465. The van der Waals surface area contributed by atoms with Gasteiger partial charge in [-0.2, -0.15) is 0 Å². The van der Waals surface area contributed by atoms with Crippen molar-refractivity contribution in [1.82, 2.24) is 0 Å². The Hall–Kier alpha value is -1.12. The zero-order valence-corrected chi connectivity index (χ0v) is 14.5. The third kappa shape index (κ3) is 42.8. The van der Waals surface area contributed by atoms with Gasteiger partial charge in [0.05, 0.1) is 49.3 Å². The van der Waals surface area contributed by atoms with Gasteiger partial charge in [0.1, 0.15) is 6.54 Å². The second-order valence-corrected chi connectivity index (χ2v) is 7.11. The predicted octanol–water partition coefficient (Wildman–Crippen LogP) is 3.34. The maximum absolute atomic E-state index is 9.75. The third-order valence-electron chi connectivity index (χ3n) is 1.50. The first-order valence-corrected chi connectivity index (χ1v) is 6.58. The summed E-state index contributed by atoms with van der Waals surface area (Å²) in [5.41, 5.74) is 1.40. The molecule has 0 saturated carbocycles. The van der Waals surface area contributed by atoms with Gasteiger partial charge in [-0.1, -0.05) is 30.3 Å². The molecule has 22 heavy (non-hydrogen) atoms. The second kappa shape index (κ2) is 10.6. The van der Waals surface area contributed by atoms with Gasteiger partial charge in [-0.05, 0) is 0 Å². The van der Waals surface area contributed by atoms with Gasteiger partial charge in [0, 0.05) is 5.56 Å². The highest BCUT2D eigenvalue weighted by molar-refractivity contribution is 6.50. The molecule has 0 spiro atoms. The normalized spacial score (nSPS) is 11.2. The zero-order valence-electron chi connectivity index (χ0n) is 14.5. The summed E-state index contributed by atoms with van der Waals surface area (Å²) in [6.07, 6.45) is 0. The van der Waals surface area contributed by atoms with Crippen molar-refractivity contribution in [2.75, 3.05) is 49.3 Å². The minimum Gasteiger partial charge on any atom is -0.870 e. The summed E-state index contributed by atoms with van der Waals surface area (Å²) in [6, 6.07) is 10.6. The molecule has 0 saturated heterocycles. The second-order valence-electron chi connectivity index (χ2n) is 7.11. The van der Waals surface area contributed by atoms with Crippen LogP contribution in [-0.4, -0.2) is 71.0 Å². The van der Waals surface area contributed by atoms with E-state index in [1.54, 1.807) is 0 Å². The number of rotatable bonds is 2. The molecule has 0 heterocycles. The van der Waals surface area contributed by atoms with Crippen LogP contribution in [0.15, 0.2) is 30.3 Å². The van der Waals surface area contributed by atoms with Crippen LogP contribution in [0.1, 0.15) is 5.56 Å². The van der Waals surface area contributed by atoms with E-state index in [0.717, 1.165) is 15.5 Å². The Labute approximate surface area is 131 Å². The topological polar surface area (TPSA) is 30.0 Å². The van der Waals surface area contributed by atoms with Crippen LogP contribution >= 0.6 is 0 Å². The highest BCUT2D eigenvalue weighted by atomic mass is 19.5. The first kappa shape index (κ1) is 25.8. The van der Waals surface area contributed by atoms with E-state index in [-0.39, 0.29) is 5.48 Å². The van der Waals surface area contributed by atoms with Crippen molar-refractivity contribution in [2.45, 2.75) is 6.54 Å². The largest absolute Gasteiger partial charge is 0.870 e. The lowest BCUT2D eigenvalue weighted by Crippen LogP contribution is -2.33. The Balaban J connectivity index is -0.000000279. The molecule has 0 aliphatic carbocycles. The smallest absolute Gasteiger partial charge is 0.673 e. The molecule has 0 aromatic heterocycles. The Morgan fingerprint density at radius 1 is 0.773 bits per heavy atom. The molecular weight excluding hydrogens is 299 g/mol. The molecule has 132 valence electrons. The molecule has 0 amide bonds. The van der Waals surface area contributed by atoms with Gasteiger partial charge in [0.15, 0.2) is 0 Å². The van der Waals surface area contributed by atoms with Gasteiger partial charge in [-0.15, -0.1) is 0 Å². The first-order chi connectivity index (χ1) is 9.08. The number of halogens is 4. The molecule has 1 N–H and O–H groups in total. The van der Waals surface area contributed by atoms with E-state index in [9.17, 15) is 17.3 Å². The van der Waals surface area contributed by atoms with E-state index in [1.165, 1.54) is 5.56 Å². The average molecular weight is 328 g/mol. The molecule has 0 aliphatic rings. The van der Waals surface area contributed by atoms with E-state index >= 15 is 0 Å². The van der Waals surface area contributed by atoms with Crippen molar-refractivity contribution < 1.29 is 31.7 Å². The number of benzene rings is 1. The standard InChI is InChI=1S/C10H16N.C4H12N.BF4.H2O/c1-11(2,3)9-10-7-5-4-6-8-10;1-5(2,3)4;2-1(3,4)5;/h4-8H,9H2,1-3H3;1-4H3;;1H2/q2*+1;-1;/p-1. The minimum atomic E-state index is -6.00. The van der Waals surface area contributed by atoms with Crippen molar-refractivity contribution in [2.24, 2.45) is 0 Å². The Bertz CT molecular complexity index is 349. The highest BCUT2D eigenvalue weighted by Gasteiger charge is 2.20. The van der Waals surface area contributed by atoms with Crippen LogP contribution in [0.25, 0.3) is 0 Å². The minimum absolute atomic E-state index is 0. The molecule has 0 unspecified atom stereocenters. The zero-order chi connectivity index (χ0) is 17.3. The van der Waals surface area contributed by atoms with Gasteiger partial charge >= 0.3 is 7.25 Å². The van der Waals surface area contributed by atoms with Crippen LogP contribution < -0.4 is 0 Å². The lowest BCUT2D eigenvalue weighted by molar-refractivity contribution is -0.884. The summed E-state index contributed by atoms with van der Waals surface area (Å²) in [5.74, 6) is 0. The van der Waals surface area contributed by atoms with Crippen LogP contribution in [-0.2, 0) is 6.54 Å². The Morgan fingerprint density at radius 3 is 1.27 bits per heavy atom. The molecule has 1 aromatic rings. The Kier molecular flexibility index (Phi) is 12.4. The van der Waals surface area contributed by atoms with Gasteiger partial charge < -0.3 is 31.7 Å². The summed E-state index contributed by atoms with van der Waals surface area (Å²) >= 11 is 0. The van der Waals surface area contributed by atoms with Gasteiger partial charge in [-0.3, -0.25) is 0 Å². The number of hydrogen-bond donors (Lipinski definition) is 0. The van der Waals surface area contributed by atoms with Crippen molar-refractivity contribution in [3.63, 3.8) is 0 Å². The molecule has 0 radical (unpaired) electrons. The van der Waals surface area contributed by atoms with Crippen LogP contribution in [0, 0.1) is 0 Å². The summed E-state index contributed by atoms with van der Waals surface area (Å²) in [7, 11) is 9.10. The molecule has 8 heteroatoms. The van der Waals surface area contributed by atoms with Crippen molar-refractivity contribution in [1.29, 1.82) is 0 Å². The predicted molar refractivity (Wildman–Crippen MR) is 84.3 cm³/mol. The van der Waals surface area contributed by atoms with Gasteiger partial charge in [0.25, 0.3) is 0 Å². The fraction of sp³-hybridized carbons (Fsp3) is 0.571. The fourth-order valence-electron chi connectivity index (χ4n) is 1.13. The van der Waals surface area contributed by atoms with E-state index in [1.807, 2.05) is 0 Å². The molecule has 1 aromatic carbocycles. The van der Waals surface area contributed by atoms with Crippen molar-refractivity contribution in [3.8, 4) is 0 Å². The van der Waals surface area contributed by atoms with Crippen molar-refractivity contribution >= 4 is 7.25 Å². The fourth-order valence-corrected chi connectivity index (χ4v) is 1.13. The SMILES string of the molecule is C[N+](C)(C)C.C[N+](C)(C)Cc1ccccc1.F[B-](F)(F)F.[OH-]. The lowest BCUT2D eigenvalue weighted by Gasteiger charge is -2.23. The molecule has 0 bridgehead atoms. The van der Waals surface area contributed by atoms with Gasteiger partial charge in [0.2, 0.25) is 0 Å². The Morgan fingerprint density at radius 2 is 1.05 bits per heavy atom. The third-order valence-corrected chi connectivity index (χ3v) is 1.50. The number of nitrogens with zero attached hydrogens (tertiary/aromatic N) is 2. The average Bonchev–Trinajstić information content (AvgIpc) is 2.10. The van der Waals surface area contributed by atoms with E-state index in [0.29, 0.717) is 0 Å². The highest BCUT2D eigenvalue weighted by Crippen LogP contribution is 2.06. The van der Waals surface area contributed by atoms with Crippen LogP contribution in [0.2, 0.25) is 0 Å². The maximum atomic E-state index is 9.75. The summed E-state index contributed by atoms with van der Waals surface area (Å²) < 4.78 is 41.0. The lowest BCUT2D eigenvalue weighted by atomic mass is 10.2. The molecule has 0 atom stereocenters. The van der Waals surface area contributed by atoms with E-state index in [2.05, 4.69) is 79.7 Å². The van der Waals surface area contributed by atoms with Crippen LogP contribution in [0.5, 0.6) is 0 Å². The summed E-state index contributed by atoms with van der Waals surface area (Å²) in [6.45, 7) is 1.10. The van der Waals surface area contributed by atoms with E-state index < -0.39 is 7.25 Å². The molecule has 0 aliphatic heterocycles. The number of quaternary nitrogens is 2. The molecule has 0 fully saturated rings. The summed E-state index contributed by atoms with van der Waals surface area (Å²) in [5, 5.41) is 0. The monoisotopic (exact) mass is 328 g/mol.